The van der Waals surface area contributed by atoms with E-state index in [2.05, 4.69) is 0 Å². The third kappa shape index (κ3) is 23.6. The van der Waals surface area contributed by atoms with Crippen LogP contribution in [0.2, 0.25) is 0 Å². The molecule has 4 nitrogen and oxygen atoms in total. The average molecular weight is 232 g/mol. The second-order valence-electron chi connectivity index (χ2n) is 3.98. The molecule has 0 aliphatic carbocycles. The Morgan fingerprint density at radius 1 is 0.312 bits per heavy atom. The smallest absolute Gasteiger partial charge is 0.00773 e. The fourth-order valence-electron chi connectivity index (χ4n) is 1.28. The molecule has 0 spiro atoms. The first-order valence-corrected chi connectivity index (χ1v) is 6.63. The second-order valence-corrected chi connectivity index (χ2v) is 3.98. The molecule has 16 heavy (non-hydrogen) atoms. The zero-order valence-electron chi connectivity index (χ0n) is 10.8. The van der Waals surface area contributed by atoms with E-state index in [1.54, 1.807) is 0 Å². The van der Waals surface area contributed by atoms with Gasteiger partial charge in [0.2, 0.25) is 0 Å². The summed E-state index contributed by atoms with van der Waals surface area (Å²) in [6, 6.07) is 0. The van der Waals surface area contributed by atoms with Gasteiger partial charge in [-0.3, -0.25) is 0 Å². The van der Waals surface area contributed by atoms with E-state index in [-0.39, 0.29) is 0 Å². The molecule has 0 bridgehead atoms. The summed E-state index contributed by atoms with van der Waals surface area (Å²) < 4.78 is 0. The van der Waals surface area contributed by atoms with Crippen LogP contribution in [-0.2, 0) is 0 Å². The lowest BCUT2D eigenvalue weighted by molar-refractivity contribution is 0.623. The van der Waals surface area contributed by atoms with Gasteiger partial charge in [-0.05, 0) is 51.9 Å². The topological polar surface area (TPSA) is 104 Å². The van der Waals surface area contributed by atoms with Crippen LogP contribution < -0.4 is 22.9 Å². The molecular formula is C12H32N4. The van der Waals surface area contributed by atoms with Crippen molar-refractivity contribution in [2.75, 3.05) is 26.2 Å². The Labute approximate surface area is 101 Å². The molecule has 4 heteroatoms. The number of hydrogen-bond acceptors (Lipinski definition) is 4. The minimum absolute atomic E-state index is 0.806. The van der Waals surface area contributed by atoms with Crippen LogP contribution >= 0.6 is 0 Å². The van der Waals surface area contributed by atoms with Gasteiger partial charge < -0.3 is 22.9 Å². The predicted octanol–water partition coefficient (Wildman–Crippen LogP) is 0.928. The van der Waals surface area contributed by atoms with Crippen LogP contribution in [0.4, 0.5) is 0 Å². The van der Waals surface area contributed by atoms with Gasteiger partial charge in [-0.15, -0.1) is 0 Å². The molecule has 0 aromatic heterocycles. The van der Waals surface area contributed by atoms with Gasteiger partial charge in [-0.2, -0.15) is 0 Å². The quantitative estimate of drug-likeness (QED) is 0.421. The first kappa shape index (κ1) is 18.2. The van der Waals surface area contributed by atoms with Gasteiger partial charge in [-0.1, -0.05) is 25.7 Å². The highest BCUT2D eigenvalue weighted by Crippen LogP contribution is 2.00. The summed E-state index contributed by atoms with van der Waals surface area (Å²) in [4.78, 5) is 0. The van der Waals surface area contributed by atoms with Crippen molar-refractivity contribution in [2.24, 2.45) is 22.9 Å². The van der Waals surface area contributed by atoms with Crippen LogP contribution in [-0.4, -0.2) is 26.2 Å². The molecule has 8 N–H and O–H groups in total. The minimum atomic E-state index is 0.806. The van der Waals surface area contributed by atoms with Crippen molar-refractivity contribution >= 4 is 0 Å². The lowest BCUT2D eigenvalue weighted by Crippen LogP contribution is -2.02. The van der Waals surface area contributed by atoms with Crippen molar-refractivity contribution in [3.8, 4) is 0 Å². The number of rotatable bonds is 10. The normalized spacial score (nSPS) is 9.75. The highest BCUT2D eigenvalue weighted by atomic mass is 14.5. The molecule has 0 aromatic rings. The van der Waals surface area contributed by atoms with Crippen molar-refractivity contribution in [1.29, 1.82) is 0 Å². The van der Waals surface area contributed by atoms with Crippen LogP contribution in [0.3, 0.4) is 0 Å². The minimum Gasteiger partial charge on any atom is -0.330 e. The molecule has 0 rings (SSSR count). The third-order valence-electron chi connectivity index (χ3n) is 2.32. The molecule has 0 heterocycles. The van der Waals surface area contributed by atoms with Crippen LogP contribution in [0.1, 0.15) is 51.4 Å². The van der Waals surface area contributed by atoms with Gasteiger partial charge in [0, 0.05) is 0 Å². The van der Waals surface area contributed by atoms with Crippen LogP contribution in [0, 0.1) is 0 Å². The summed E-state index contributed by atoms with van der Waals surface area (Å²) in [5, 5.41) is 0. The van der Waals surface area contributed by atoms with Gasteiger partial charge in [0.1, 0.15) is 0 Å². The zero-order valence-corrected chi connectivity index (χ0v) is 10.8. The highest BCUT2D eigenvalue weighted by Gasteiger charge is 1.86. The fraction of sp³-hybridized carbons (Fsp3) is 1.00. The van der Waals surface area contributed by atoms with E-state index in [9.17, 15) is 0 Å². The van der Waals surface area contributed by atoms with E-state index in [0.717, 1.165) is 39.0 Å². The van der Waals surface area contributed by atoms with Crippen molar-refractivity contribution in [3.63, 3.8) is 0 Å². The van der Waals surface area contributed by atoms with Gasteiger partial charge in [0.15, 0.2) is 0 Å². The average Bonchev–Trinajstić information content (AvgIpc) is 2.31. The van der Waals surface area contributed by atoms with Gasteiger partial charge in [0.05, 0.1) is 0 Å². The van der Waals surface area contributed by atoms with E-state index in [1.807, 2.05) is 0 Å². The first-order chi connectivity index (χ1) is 7.83. The van der Waals surface area contributed by atoms with Gasteiger partial charge in [-0.25, -0.2) is 0 Å². The Balaban J connectivity index is 0. The standard InChI is InChI=1S/C7H18N2.C5H14N2/c8-6-4-2-1-3-5-7-9;6-4-2-1-3-5-7/h1-9H2;1-7H2. The number of hydrogen-bond donors (Lipinski definition) is 4. The Bertz CT molecular complexity index is 89.0. The van der Waals surface area contributed by atoms with E-state index in [0.29, 0.717) is 0 Å². The summed E-state index contributed by atoms with van der Waals surface area (Å²) >= 11 is 0. The summed E-state index contributed by atoms with van der Waals surface area (Å²) in [6.07, 6.45) is 9.62. The molecule has 0 atom stereocenters. The van der Waals surface area contributed by atoms with Gasteiger partial charge in [0.25, 0.3) is 0 Å². The van der Waals surface area contributed by atoms with E-state index in [4.69, 9.17) is 22.9 Å². The molecule has 0 amide bonds. The van der Waals surface area contributed by atoms with E-state index < -0.39 is 0 Å². The van der Waals surface area contributed by atoms with Crippen LogP contribution in [0.5, 0.6) is 0 Å². The Kier molecular flexibility index (Phi) is 23.1. The fourth-order valence-corrected chi connectivity index (χ4v) is 1.28. The maximum Gasteiger partial charge on any atom is -0.00773 e. The van der Waals surface area contributed by atoms with Crippen molar-refractivity contribution in [2.45, 2.75) is 51.4 Å². The Morgan fingerprint density at radius 2 is 0.500 bits per heavy atom. The Hall–Kier alpha value is -0.160. The van der Waals surface area contributed by atoms with Gasteiger partial charge >= 0.3 is 0 Å². The van der Waals surface area contributed by atoms with E-state index in [1.165, 1.54) is 38.5 Å². The summed E-state index contributed by atoms with van der Waals surface area (Å²) in [7, 11) is 0. The SMILES string of the molecule is NCCCCCCCN.NCCCCCN. The lowest BCUT2D eigenvalue weighted by atomic mass is 10.1. The molecule has 0 aliphatic rings. The molecular weight excluding hydrogens is 200 g/mol. The van der Waals surface area contributed by atoms with Crippen LogP contribution in [0.25, 0.3) is 0 Å². The van der Waals surface area contributed by atoms with Crippen molar-refractivity contribution in [1.82, 2.24) is 0 Å². The van der Waals surface area contributed by atoms with Crippen molar-refractivity contribution in [3.05, 3.63) is 0 Å². The molecule has 0 aliphatic heterocycles. The highest BCUT2D eigenvalue weighted by molar-refractivity contribution is 4.44. The molecule has 0 unspecified atom stereocenters. The molecule has 100 valence electrons. The number of unbranched alkanes of at least 4 members (excludes halogenated alkanes) is 6. The molecule has 0 aromatic carbocycles. The monoisotopic (exact) mass is 232 g/mol. The Morgan fingerprint density at radius 3 is 0.750 bits per heavy atom. The lowest BCUT2D eigenvalue weighted by Gasteiger charge is -1.96. The molecule has 0 saturated heterocycles. The molecule has 0 fully saturated rings. The van der Waals surface area contributed by atoms with E-state index >= 15 is 0 Å². The maximum absolute atomic E-state index is 5.32. The second kappa shape index (κ2) is 20.3. The third-order valence-corrected chi connectivity index (χ3v) is 2.32. The number of nitrogens with two attached hydrogens (primary N) is 4. The maximum atomic E-state index is 5.32. The largest absolute Gasteiger partial charge is 0.330 e. The van der Waals surface area contributed by atoms with Crippen LogP contribution in [0.15, 0.2) is 0 Å². The first-order valence-electron chi connectivity index (χ1n) is 6.63. The zero-order chi connectivity index (χ0) is 12.5. The predicted molar refractivity (Wildman–Crippen MR) is 73.2 cm³/mol. The molecule has 0 saturated carbocycles. The summed E-state index contributed by atoms with van der Waals surface area (Å²) in [6.45, 7) is 3.28. The molecule has 0 radical (unpaired) electrons. The summed E-state index contributed by atoms with van der Waals surface area (Å²) in [5.41, 5.74) is 21.1. The van der Waals surface area contributed by atoms with Crippen molar-refractivity contribution < 1.29 is 0 Å². The summed E-state index contributed by atoms with van der Waals surface area (Å²) in [5.74, 6) is 0.